The second kappa shape index (κ2) is 13.8. The van der Waals surface area contributed by atoms with Crippen LogP contribution in [0.1, 0.15) is 61.4 Å². The Morgan fingerprint density at radius 2 is 1.56 bits per heavy atom. The van der Waals surface area contributed by atoms with Crippen molar-refractivity contribution < 1.29 is 23.6 Å². The molecule has 4 rings (SSSR count). The topological polar surface area (TPSA) is 104 Å². The summed E-state index contributed by atoms with van der Waals surface area (Å²) in [5.41, 5.74) is 3.03. The highest BCUT2D eigenvalue weighted by atomic mass is 19.1. The van der Waals surface area contributed by atoms with Crippen molar-refractivity contribution >= 4 is 23.5 Å². The van der Waals surface area contributed by atoms with E-state index in [9.17, 15) is 23.6 Å². The van der Waals surface area contributed by atoms with Gasteiger partial charge in [-0.3, -0.25) is 19.2 Å². The minimum absolute atomic E-state index is 0.0950. The zero-order valence-electron chi connectivity index (χ0n) is 23.3. The first kappa shape index (κ1) is 29.6. The fourth-order valence-corrected chi connectivity index (χ4v) is 4.52. The van der Waals surface area contributed by atoms with Crippen LogP contribution in [0.25, 0.3) is 11.1 Å². The van der Waals surface area contributed by atoms with Crippen LogP contribution < -0.4 is 16.0 Å². The molecule has 1 fully saturated rings. The minimum Gasteiger partial charge on any atom is -0.352 e. The molecule has 1 saturated carbocycles. The maximum Gasteiger partial charge on any atom is 0.251 e. The van der Waals surface area contributed by atoms with Crippen molar-refractivity contribution in [1.29, 1.82) is 0 Å². The number of rotatable bonds is 14. The van der Waals surface area contributed by atoms with Crippen LogP contribution in [0.4, 0.5) is 4.39 Å². The van der Waals surface area contributed by atoms with Gasteiger partial charge in [0.05, 0.1) is 12.5 Å². The van der Waals surface area contributed by atoms with Crippen molar-refractivity contribution in [3.05, 3.63) is 95.8 Å². The smallest absolute Gasteiger partial charge is 0.251 e. The molecule has 0 bridgehead atoms. The largest absolute Gasteiger partial charge is 0.352 e. The van der Waals surface area contributed by atoms with Crippen molar-refractivity contribution in [3.63, 3.8) is 0 Å². The van der Waals surface area contributed by atoms with Gasteiger partial charge in [-0.15, -0.1) is 0 Å². The van der Waals surface area contributed by atoms with Gasteiger partial charge in [0.25, 0.3) is 5.91 Å². The quantitative estimate of drug-likeness (QED) is 0.249. The highest BCUT2D eigenvalue weighted by Crippen LogP contribution is 2.34. The molecule has 1 aliphatic rings. The van der Waals surface area contributed by atoms with Gasteiger partial charge in [-0.25, -0.2) is 4.39 Å². The Morgan fingerprint density at radius 3 is 2.27 bits per heavy atom. The van der Waals surface area contributed by atoms with Crippen LogP contribution in [0.3, 0.4) is 0 Å². The van der Waals surface area contributed by atoms with Gasteiger partial charge in [0.2, 0.25) is 11.8 Å². The molecule has 0 unspecified atom stereocenters. The predicted octanol–water partition coefficient (Wildman–Crippen LogP) is 4.75. The SMILES string of the molecule is CC1(NC(=O)C[C@H](NC(=O)CCc2ccc(F)cc2)C(=O)CCCNC(=O)c2cccc(-c3ccccc3)c2)CC1. The molecule has 0 spiro atoms. The standard InChI is InChI=1S/C33H36FN3O4/c1-33(18-19-33)37-31(40)22-28(36-30(39)17-14-23-12-15-27(34)16-13-23)29(38)11-6-20-35-32(41)26-10-5-9-25(21-26)24-7-3-2-4-8-24/h2-5,7-10,12-13,15-16,21,28H,6,11,14,17-20,22H2,1H3,(H,35,41)(H,36,39)(H,37,40)/t28-/m0/s1. The Hall–Kier alpha value is -4.33. The van der Waals surface area contributed by atoms with E-state index in [1.807, 2.05) is 55.5 Å². The lowest BCUT2D eigenvalue weighted by Gasteiger charge is -2.19. The van der Waals surface area contributed by atoms with Crippen molar-refractivity contribution in [2.75, 3.05) is 6.54 Å². The van der Waals surface area contributed by atoms with Crippen LogP contribution in [-0.4, -0.2) is 41.6 Å². The van der Waals surface area contributed by atoms with Crippen LogP contribution in [0.15, 0.2) is 78.9 Å². The van der Waals surface area contributed by atoms with Crippen LogP contribution in [0.2, 0.25) is 0 Å². The highest BCUT2D eigenvalue weighted by Gasteiger charge is 2.39. The molecule has 214 valence electrons. The maximum atomic E-state index is 13.2. The summed E-state index contributed by atoms with van der Waals surface area (Å²) in [6, 6.07) is 22.0. The third-order valence-electron chi connectivity index (χ3n) is 7.23. The highest BCUT2D eigenvalue weighted by molar-refractivity contribution is 5.96. The monoisotopic (exact) mass is 557 g/mol. The molecule has 3 aromatic rings. The van der Waals surface area contributed by atoms with E-state index < -0.39 is 6.04 Å². The van der Waals surface area contributed by atoms with Crippen LogP contribution in [-0.2, 0) is 20.8 Å². The fraction of sp³-hybridized carbons (Fsp3) is 0.333. The lowest BCUT2D eigenvalue weighted by atomic mass is 10.0. The summed E-state index contributed by atoms with van der Waals surface area (Å²) < 4.78 is 13.2. The van der Waals surface area contributed by atoms with Crippen LogP contribution in [0.5, 0.6) is 0 Å². The number of nitrogens with one attached hydrogen (secondary N) is 3. The van der Waals surface area contributed by atoms with Crippen molar-refractivity contribution in [1.82, 2.24) is 16.0 Å². The van der Waals surface area contributed by atoms with Gasteiger partial charge in [0.15, 0.2) is 5.78 Å². The Bertz CT molecular complexity index is 1370. The number of carbonyl (C=O) groups excluding carboxylic acids is 4. The van der Waals surface area contributed by atoms with Gasteiger partial charge in [0, 0.05) is 30.5 Å². The Labute approximate surface area is 239 Å². The van der Waals surface area contributed by atoms with Crippen molar-refractivity contribution in [2.24, 2.45) is 0 Å². The number of halogens is 1. The lowest BCUT2D eigenvalue weighted by molar-refractivity contribution is -0.131. The van der Waals surface area contributed by atoms with E-state index in [4.69, 9.17) is 0 Å². The summed E-state index contributed by atoms with van der Waals surface area (Å²) >= 11 is 0. The number of ketones is 1. The molecule has 0 saturated heterocycles. The molecule has 3 N–H and O–H groups in total. The molecule has 41 heavy (non-hydrogen) atoms. The van der Waals surface area contributed by atoms with E-state index in [0.29, 0.717) is 18.4 Å². The normalized spacial score (nSPS) is 14.0. The van der Waals surface area contributed by atoms with Gasteiger partial charge in [0.1, 0.15) is 5.82 Å². The third kappa shape index (κ3) is 9.38. The Balaban J connectivity index is 1.28. The summed E-state index contributed by atoms with van der Waals surface area (Å²) in [6.07, 6.45) is 2.57. The first-order chi connectivity index (χ1) is 19.7. The predicted molar refractivity (Wildman–Crippen MR) is 156 cm³/mol. The van der Waals surface area contributed by atoms with E-state index >= 15 is 0 Å². The van der Waals surface area contributed by atoms with Gasteiger partial charge >= 0.3 is 0 Å². The molecule has 0 aliphatic heterocycles. The second-order valence-electron chi connectivity index (χ2n) is 10.8. The summed E-state index contributed by atoms with van der Waals surface area (Å²) in [4.78, 5) is 51.1. The molecular weight excluding hydrogens is 521 g/mol. The Morgan fingerprint density at radius 1 is 0.854 bits per heavy atom. The van der Waals surface area contributed by atoms with E-state index in [0.717, 1.165) is 29.5 Å². The van der Waals surface area contributed by atoms with E-state index in [1.54, 1.807) is 18.2 Å². The summed E-state index contributed by atoms with van der Waals surface area (Å²) in [5, 5.41) is 8.51. The fourth-order valence-electron chi connectivity index (χ4n) is 4.52. The van der Waals surface area contributed by atoms with Gasteiger partial charge < -0.3 is 16.0 Å². The molecule has 3 aromatic carbocycles. The molecule has 3 amide bonds. The average Bonchev–Trinajstić information content (AvgIpc) is 3.70. The first-order valence-corrected chi connectivity index (χ1v) is 14.0. The molecule has 0 radical (unpaired) electrons. The van der Waals surface area contributed by atoms with Gasteiger partial charge in [-0.05, 0) is 73.6 Å². The van der Waals surface area contributed by atoms with E-state index in [2.05, 4.69) is 16.0 Å². The zero-order valence-corrected chi connectivity index (χ0v) is 23.3. The average molecular weight is 558 g/mol. The molecule has 0 heterocycles. The van der Waals surface area contributed by atoms with Crippen molar-refractivity contribution in [2.45, 2.75) is 63.5 Å². The molecular formula is C33H36FN3O4. The van der Waals surface area contributed by atoms with Crippen LogP contribution >= 0.6 is 0 Å². The number of amides is 3. The van der Waals surface area contributed by atoms with Gasteiger partial charge in [-0.1, -0.05) is 54.6 Å². The maximum absolute atomic E-state index is 13.2. The lowest BCUT2D eigenvalue weighted by Crippen LogP contribution is -2.46. The first-order valence-electron chi connectivity index (χ1n) is 14.0. The number of aryl methyl sites for hydroxylation is 1. The Kier molecular flexibility index (Phi) is 10.0. The van der Waals surface area contributed by atoms with E-state index in [-0.39, 0.29) is 60.7 Å². The van der Waals surface area contributed by atoms with E-state index in [1.165, 1.54) is 12.1 Å². The third-order valence-corrected chi connectivity index (χ3v) is 7.23. The summed E-state index contributed by atoms with van der Waals surface area (Å²) in [6.45, 7) is 2.22. The molecule has 7 nitrogen and oxygen atoms in total. The number of hydrogen-bond acceptors (Lipinski definition) is 4. The summed E-state index contributed by atoms with van der Waals surface area (Å²) in [7, 11) is 0. The number of Topliss-reactive ketones (excluding diaryl/α,β-unsaturated/α-hetero) is 1. The molecule has 8 heteroatoms. The zero-order chi connectivity index (χ0) is 29.2. The molecule has 1 aliphatic carbocycles. The molecule has 0 aromatic heterocycles. The number of benzene rings is 3. The summed E-state index contributed by atoms with van der Waals surface area (Å²) in [5.74, 6) is -1.50. The van der Waals surface area contributed by atoms with Crippen LogP contribution in [0, 0.1) is 5.82 Å². The second-order valence-corrected chi connectivity index (χ2v) is 10.8. The van der Waals surface area contributed by atoms with Gasteiger partial charge in [-0.2, -0.15) is 0 Å². The number of hydrogen-bond donors (Lipinski definition) is 3. The molecule has 1 atom stereocenters. The van der Waals surface area contributed by atoms with Crippen molar-refractivity contribution in [3.8, 4) is 11.1 Å². The minimum atomic E-state index is -0.962. The number of carbonyl (C=O) groups is 4.